The highest BCUT2D eigenvalue weighted by Crippen LogP contribution is 2.94. The van der Waals surface area contributed by atoms with Crippen LogP contribution in [0.4, 0.5) is 0 Å². The van der Waals surface area contributed by atoms with Gasteiger partial charge in [-0.15, -0.1) is 0 Å². The summed E-state index contributed by atoms with van der Waals surface area (Å²) in [5.74, 6) is 0.0484. The fourth-order valence-electron chi connectivity index (χ4n) is 7.70. The Morgan fingerprint density at radius 1 is 1.04 bits per heavy atom. The molecule has 0 aliphatic heterocycles. The van der Waals surface area contributed by atoms with Crippen LogP contribution in [-0.2, 0) is 23.9 Å². The molecule has 132 valence electrons. The average Bonchev–Trinajstić information content (AvgIpc) is 2.85. The molecule has 0 aromatic heterocycles. The van der Waals surface area contributed by atoms with Crippen LogP contribution in [0, 0.1) is 33.5 Å². The Balaban J connectivity index is 1.96. The van der Waals surface area contributed by atoms with Crippen molar-refractivity contribution in [3.8, 4) is 0 Å². The van der Waals surface area contributed by atoms with E-state index >= 15 is 0 Å². The topological polar surface area (TPSA) is 69.7 Å². The minimum Gasteiger partial charge on any atom is -0.461 e. The molecule has 5 heteroatoms. The number of esters is 2. The molecule has 1 spiro atoms. The molecule has 5 aliphatic carbocycles. The Kier molecular flexibility index (Phi) is 2.72. The summed E-state index contributed by atoms with van der Waals surface area (Å²) in [6.07, 6.45) is 0.607. The second-order valence-corrected chi connectivity index (χ2v) is 9.22. The van der Waals surface area contributed by atoms with Crippen molar-refractivity contribution in [2.45, 2.75) is 66.6 Å². The van der Waals surface area contributed by atoms with E-state index in [1.807, 2.05) is 13.8 Å². The molecule has 0 N–H and O–H groups in total. The first-order valence-corrected chi connectivity index (χ1v) is 8.85. The SMILES string of the molecule is CC(=O)O[C@@H]1[C@@H]2[C@@H]3[C@@]2(C)[C@H](OC(C)=O)[C@]12C(C)(C)C(=O)CC[C@]32C. The Morgan fingerprint density at radius 3 is 2.17 bits per heavy atom. The molecule has 5 saturated carbocycles. The maximum absolute atomic E-state index is 12.9. The van der Waals surface area contributed by atoms with Gasteiger partial charge in [0.1, 0.15) is 18.0 Å². The third-order valence-corrected chi connectivity index (χ3v) is 8.20. The third-order valence-electron chi connectivity index (χ3n) is 8.20. The highest BCUT2D eigenvalue weighted by atomic mass is 16.6. The van der Waals surface area contributed by atoms with Gasteiger partial charge < -0.3 is 9.47 Å². The summed E-state index contributed by atoms with van der Waals surface area (Å²) in [6.45, 7) is 11.1. The summed E-state index contributed by atoms with van der Waals surface area (Å²) in [5.41, 5.74) is -1.66. The Hall–Kier alpha value is -1.39. The van der Waals surface area contributed by atoms with Crippen molar-refractivity contribution < 1.29 is 23.9 Å². The summed E-state index contributed by atoms with van der Waals surface area (Å²) in [7, 11) is 0. The maximum Gasteiger partial charge on any atom is 0.302 e. The first-order chi connectivity index (χ1) is 11.0. The predicted molar refractivity (Wildman–Crippen MR) is 84.8 cm³/mol. The van der Waals surface area contributed by atoms with Crippen LogP contribution in [0.1, 0.15) is 54.4 Å². The van der Waals surface area contributed by atoms with Crippen LogP contribution < -0.4 is 0 Å². The van der Waals surface area contributed by atoms with Crippen LogP contribution >= 0.6 is 0 Å². The quantitative estimate of drug-likeness (QED) is 0.726. The lowest BCUT2D eigenvalue weighted by atomic mass is 9.47. The van der Waals surface area contributed by atoms with Gasteiger partial charge in [0, 0.05) is 37.0 Å². The number of hydrogen-bond acceptors (Lipinski definition) is 5. The van der Waals surface area contributed by atoms with E-state index in [2.05, 4.69) is 13.8 Å². The normalized spacial score (nSPS) is 52.7. The van der Waals surface area contributed by atoms with Crippen LogP contribution in [0.5, 0.6) is 0 Å². The van der Waals surface area contributed by atoms with E-state index in [1.54, 1.807) is 0 Å². The van der Waals surface area contributed by atoms with Crippen LogP contribution in [0.25, 0.3) is 0 Å². The monoisotopic (exact) mass is 334 g/mol. The standard InChI is InChI=1S/C19H26O5/c1-9(20)23-14-12-13-17(5)8-7-11(22)16(3,4)19(14,17)15(18(12,13)6)24-10(2)21/h12-15H,7-8H2,1-6H3/t12-,13-,14+,15-,17+,18-,19-/m0/s1. The van der Waals surface area contributed by atoms with Gasteiger partial charge in [-0.3, -0.25) is 14.4 Å². The number of hydrogen-bond donors (Lipinski definition) is 0. The highest BCUT2D eigenvalue weighted by Gasteiger charge is 2.99. The molecular weight excluding hydrogens is 308 g/mol. The lowest BCUT2D eigenvalue weighted by Crippen LogP contribution is -2.63. The predicted octanol–water partition coefficient (Wildman–Crippen LogP) is 2.51. The molecule has 4 bridgehead atoms. The molecule has 5 rings (SSSR count). The van der Waals surface area contributed by atoms with Crippen molar-refractivity contribution >= 4 is 17.7 Å². The van der Waals surface area contributed by atoms with E-state index in [0.717, 1.165) is 6.42 Å². The first-order valence-electron chi connectivity index (χ1n) is 8.85. The van der Waals surface area contributed by atoms with Crippen LogP contribution in [-0.4, -0.2) is 29.9 Å². The van der Waals surface area contributed by atoms with E-state index in [9.17, 15) is 14.4 Å². The number of ketones is 1. The van der Waals surface area contributed by atoms with Gasteiger partial charge in [0.05, 0.1) is 5.41 Å². The largest absolute Gasteiger partial charge is 0.461 e. The number of ether oxygens (including phenoxy) is 2. The molecular formula is C19H26O5. The van der Waals surface area contributed by atoms with E-state index in [4.69, 9.17) is 9.47 Å². The van der Waals surface area contributed by atoms with Crippen molar-refractivity contribution in [1.29, 1.82) is 0 Å². The Bertz CT molecular complexity index is 681. The summed E-state index contributed by atoms with van der Waals surface area (Å²) in [6, 6.07) is 0. The highest BCUT2D eigenvalue weighted by molar-refractivity contribution is 5.88. The van der Waals surface area contributed by atoms with Gasteiger partial charge in [-0.2, -0.15) is 0 Å². The summed E-state index contributed by atoms with van der Waals surface area (Å²) in [4.78, 5) is 36.5. The van der Waals surface area contributed by atoms with Crippen LogP contribution in [0.15, 0.2) is 0 Å². The molecule has 0 saturated heterocycles. The van der Waals surface area contributed by atoms with E-state index in [0.29, 0.717) is 12.3 Å². The van der Waals surface area contributed by atoms with Gasteiger partial charge in [0.15, 0.2) is 0 Å². The van der Waals surface area contributed by atoms with Crippen LogP contribution in [0.2, 0.25) is 0 Å². The number of rotatable bonds is 2. The molecule has 0 aromatic rings. The van der Waals surface area contributed by atoms with Gasteiger partial charge >= 0.3 is 11.9 Å². The van der Waals surface area contributed by atoms with Gasteiger partial charge in [-0.1, -0.05) is 27.7 Å². The average molecular weight is 334 g/mol. The molecule has 5 nitrogen and oxygen atoms in total. The molecule has 0 heterocycles. The van der Waals surface area contributed by atoms with Gasteiger partial charge in [-0.05, 0) is 17.8 Å². The molecule has 24 heavy (non-hydrogen) atoms. The number of carbonyl (C=O) groups is 3. The lowest BCUT2D eigenvalue weighted by molar-refractivity contribution is -0.204. The van der Waals surface area contributed by atoms with E-state index in [-0.39, 0.29) is 46.7 Å². The van der Waals surface area contributed by atoms with E-state index < -0.39 is 10.8 Å². The molecule has 5 fully saturated rings. The second kappa shape index (κ2) is 4.05. The first kappa shape index (κ1) is 16.1. The van der Waals surface area contributed by atoms with Crippen molar-refractivity contribution in [1.82, 2.24) is 0 Å². The smallest absolute Gasteiger partial charge is 0.302 e. The summed E-state index contributed by atoms with van der Waals surface area (Å²) in [5, 5.41) is 0. The van der Waals surface area contributed by atoms with Crippen molar-refractivity contribution in [3.05, 3.63) is 0 Å². The zero-order valence-electron chi connectivity index (χ0n) is 15.3. The molecule has 0 unspecified atom stereocenters. The lowest BCUT2D eigenvalue weighted by Gasteiger charge is -2.57. The molecule has 0 radical (unpaired) electrons. The minimum atomic E-state index is -0.693. The summed E-state index contributed by atoms with van der Waals surface area (Å²) >= 11 is 0. The molecule has 0 amide bonds. The zero-order chi connectivity index (χ0) is 17.9. The zero-order valence-corrected chi connectivity index (χ0v) is 15.3. The van der Waals surface area contributed by atoms with Gasteiger partial charge in [0.2, 0.25) is 0 Å². The van der Waals surface area contributed by atoms with Crippen molar-refractivity contribution in [2.24, 2.45) is 33.5 Å². The molecule has 5 aliphatic rings. The molecule has 7 atom stereocenters. The fraction of sp³-hybridized carbons (Fsp3) is 0.842. The Morgan fingerprint density at radius 2 is 1.62 bits per heavy atom. The van der Waals surface area contributed by atoms with Gasteiger partial charge in [0.25, 0.3) is 0 Å². The van der Waals surface area contributed by atoms with E-state index in [1.165, 1.54) is 13.8 Å². The number of carbonyl (C=O) groups excluding carboxylic acids is 3. The maximum atomic E-state index is 12.9. The number of Topliss-reactive ketones (excluding diaryl/α,β-unsaturated/α-hetero) is 1. The Labute approximate surface area is 142 Å². The van der Waals surface area contributed by atoms with Crippen LogP contribution in [0.3, 0.4) is 0 Å². The van der Waals surface area contributed by atoms with Crippen molar-refractivity contribution in [2.75, 3.05) is 0 Å². The second-order valence-electron chi connectivity index (χ2n) is 9.22. The fourth-order valence-corrected chi connectivity index (χ4v) is 7.70. The minimum absolute atomic E-state index is 0.149. The molecule has 0 aromatic carbocycles. The summed E-state index contributed by atoms with van der Waals surface area (Å²) < 4.78 is 11.7. The van der Waals surface area contributed by atoms with Crippen molar-refractivity contribution in [3.63, 3.8) is 0 Å². The third kappa shape index (κ3) is 1.28. The van der Waals surface area contributed by atoms with Gasteiger partial charge in [-0.25, -0.2) is 0 Å².